The molecule has 2 saturated carbocycles. The molecule has 0 aromatic heterocycles. The van der Waals surface area contributed by atoms with Crippen LogP contribution in [0, 0.1) is 23.2 Å². The Bertz CT molecular complexity index is 926. The van der Waals surface area contributed by atoms with Crippen molar-refractivity contribution in [2.75, 3.05) is 66.1 Å². The van der Waals surface area contributed by atoms with Gasteiger partial charge in [0, 0.05) is 69.9 Å². The monoisotopic (exact) mass is 635 g/mol. The van der Waals surface area contributed by atoms with Gasteiger partial charge >= 0.3 is 0 Å². The molecule has 3 aliphatic heterocycles. The van der Waals surface area contributed by atoms with Crippen LogP contribution in [0.2, 0.25) is 0 Å². The number of likely N-dealkylation sites (N-methyl/N-ethyl adjacent to an activating group) is 1. The molecule has 1 amide bonds. The van der Waals surface area contributed by atoms with Crippen LogP contribution in [-0.4, -0.2) is 130 Å². The summed E-state index contributed by atoms with van der Waals surface area (Å²) in [5, 5.41) is 24.7. The molecule has 3 heterocycles. The molecule has 5 rings (SSSR count). The van der Waals surface area contributed by atoms with Gasteiger partial charge in [0.15, 0.2) is 0 Å². The van der Waals surface area contributed by atoms with Crippen LogP contribution in [0.15, 0.2) is 0 Å². The van der Waals surface area contributed by atoms with Crippen LogP contribution in [0.5, 0.6) is 0 Å². The second kappa shape index (κ2) is 17.2. The zero-order chi connectivity index (χ0) is 30.9. The van der Waals surface area contributed by atoms with Crippen LogP contribution in [-0.2, 0) is 14.3 Å². The van der Waals surface area contributed by atoms with Crippen molar-refractivity contribution in [1.82, 2.24) is 31.1 Å². The number of nitrogens with one attached hydrogen (secondary N) is 4. The van der Waals surface area contributed by atoms with Crippen molar-refractivity contribution in [2.45, 2.75) is 119 Å². The molecule has 0 radical (unpaired) electrons. The molecule has 0 spiro atoms. The Labute approximate surface area is 270 Å². The van der Waals surface area contributed by atoms with Gasteiger partial charge in [0.2, 0.25) is 5.91 Å². The number of halogens is 1. The van der Waals surface area contributed by atoms with Crippen molar-refractivity contribution in [1.29, 1.82) is 5.26 Å². The zero-order valence-corrected chi connectivity index (χ0v) is 27.9. The van der Waals surface area contributed by atoms with Crippen molar-refractivity contribution in [3.63, 3.8) is 0 Å². The van der Waals surface area contributed by atoms with E-state index in [0.29, 0.717) is 25.6 Å². The lowest BCUT2D eigenvalue weighted by Crippen LogP contribution is -2.66. The largest absolute Gasteiger partial charge is 0.376 e. The fraction of sp³-hybridized carbons (Fsp3) is 0.939. The Morgan fingerprint density at radius 3 is 2.61 bits per heavy atom. The Balaban J connectivity index is 1.14. The van der Waals surface area contributed by atoms with E-state index in [0.717, 1.165) is 84.4 Å². The number of nitrogens with zero attached hydrogens (tertiary/aromatic N) is 3. The van der Waals surface area contributed by atoms with Crippen LogP contribution in [0.25, 0.3) is 0 Å². The summed E-state index contributed by atoms with van der Waals surface area (Å²) in [5.41, 5.74) is 0. The summed E-state index contributed by atoms with van der Waals surface area (Å²) in [5.74, 6) is 0.227. The average molecular weight is 636 g/mol. The fourth-order valence-corrected chi connectivity index (χ4v) is 8.68. The van der Waals surface area contributed by atoms with E-state index >= 15 is 0 Å². The molecule has 10 nitrogen and oxygen atoms in total. The van der Waals surface area contributed by atoms with Gasteiger partial charge in [0.25, 0.3) is 0 Å². The summed E-state index contributed by atoms with van der Waals surface area (Å²) < 4.78 is 12.5. The Morgan fingerprint density at radius 1 is 1.05 bits per heavy atom. The molecule has 0 aromatic rings. The summed E-state index contributed by atoms with van der Waals surface area (Å²) in [6, 6.07) is 3.57. The predicted octanol–water partition coefficient (Wildman–Crippen LogP) is 2.07. The minimum Gasteiger partial charge on any atom is -0.376 e. The lowest BCUT2D eigenvalue weighted by atomic mass is 9.69. The number of fused-ring (bicyclic) bond motifs is 1. The van der Waals surface area contributed by atoms with E-state index in [9.17, 15) is 10.1 Å². The van der Waals surface area contributed by atoms with E-state index in [2.05, 4.69) is 44.2 Å². The highest BCUT2D eigenvalue weighted by Gasteiger charge is 2.47. The summed E-state index contributed by atoms with van der Waals surface area (Å²) in [4.78, 5) is 18.0. The first-order valence-electron chi connectivity index (χ1n) is 17.6. The highest BCUT2D eigenvalue weighted by molar-refractivity contribution is 6.21. The molecular formula is C33H58ClN7O3. The molecule has 0 bridgehead atoms. The number of hydrogen-bond donors (Lipinski definition) is 4. The van der Waals surface area contributed by atoms with Crippen LogP contribution >= 0.6 is 11.6 Å². The van der Waals surface area contributed by atoms with Gasteiger partial charge in [0.05, 0.1) is 42.2 Å². The first-order valence-corrected chi connectivity index (χ1v) is 18.1. The third kappa shape index (κ3) is 9.51. The van der Waals surface area contributed by atoms with Crippen LogP contribution < -0.4 is 21.3 Å². The molecule has 5 fully saturated rings. The quantitative estimate of drug-likeness (QED) is 0.239. The van der Waals surface area contributed by atoms with E-state index in [-0.39, 0.29) is 59.5 Å². The van der Waals surface area contributed by atoms with E-state index in [1.165, 1.54) is 19.3 Å². The maximum Gasteiger partial charge on any atom is 0.220 e. The molecule has 10 atom stereocenters. The summed E-state index contributed by atoms with van der Waals surface area (Å²) in [7, 11) is 2.17. The highest BCUT2D eigenvalue weighted by atomic mass is 35.5. The van der Waals surface area contributed by atoms with E-state index < -0.39 is 0 Å². The number of rotatable bonds is 12. The van der Waals surface area contributed by atoms with Gasteiger partial charge in [-0.05, 0) is 84.3 Å². The van der Waals surface area contributed by atoms with Crippen molar-refractivity contribution < 1.29 is 14.3 Å². The molecule has 10 unspecified atom stereocenters. The number of carbonyl (C=O) groups excluding carboxylic acids is 1. The smallest absolute Gasteiger partial charge is 0.220 e. The number of carbonyl (C=O) groups is 1. The average Bonchev–Trinajstić information content (AvgIpc) is 3.03. The van der Waals surface area contributed by atoms with Crippen molar-refractivity contribution in [3.8, 4) is 6.07 Å². The fourth-order valence-electron chi connectivity index (χ4n) is 8.27. The molecular weight excluding hydrogens is 578 g/mol. The SMILES string of the molecule is CCOC1CC2NCC(C#N)C(NC3CCC(OCC4CCCCN4)C(Cl)C3)C2CC1NC(=O)CCCN1CCN(C)CC1. The number of ether oxygens (including phenoxy) is 2. The molecule has 0 aromatic carbocycles. The molecule has 250 valence electrons. The minimum absolute atomic E-state index is 0.0203. The van der Waals surface area contributed by atoms with E-state index in [4.69, 9.17) is 21.1 Å². The van der Waals surface area contributed by atoms with E-state index in [1.807, 2.05) is 6.92 Å². The molecule has 11 heteroatoms. The van der Waals surface area contributed by atoms with Crippen LogP contribution in [0.4, 0.5) is 0 Å². The predicted molar refractivity (Wildman–Crippen MR) is 174 cm³/mol. The maximum atomic E-state index is 13.1. The number of alkyl halides is 1. The number of nitriles is 1. The van der Waals surface area contributed by atoms with Crippen LogP contribution in [0.3, 0.4) is 0 Å². The third-order valence-electron chi connectivity index (χ3n) is 10.9. The standard InChI is InChI=1S/C33H58ClN7O3/c1-3-43-31-19-28-26(18-29(31)39-32(42)8-6-12-41-15-13-40(2)14-16-41)33(23(20-35)21-37-28)38-24-9-10-30(27(34)17-24)44-22-25-7-4-5-11-36-25/h23-31,33,36-38H,3-19,21-22H2,1-2H3,(H,39,42). The maximum absolute atomic E-state index is 13.1. The van der Waals surface area contributed by atoms with Crippen LogP contribution in [0.1, 0.15) is 71.1 Å². The van der Waals surface area contributed by atoms with Crippen molar-refractivity contribution in [3.05, 3.63) is 0 Å². The lowest BCUT2D eigenvalue weighted by Gasteiger charge is -2.50. The van der Waals surface area contributed by atoms with E-state index in [1.54, 1.807) is 0 Å². The summed E-state index contributed by atoms with van der Waals surface area (Å²) in [6.45, 7) is 10.5. The Kier molecular flexibility index (Phi) is 13.4. The van der Waals surface area contributed by atoms with Gasteiger partial charge in [-0.3, -0.25) is 4.79 Å². The van der Waals surface area contributed by atoms with Gasteiger partial charge in [0.1, 0.15) is 0 Å². The lowest BCUT2D eigenvalue weighted by molar-refractivity contribution is -0.124. The Hall–Kier alpha value is -1.03. The first kappa shape index (κ1) is 34.3. The topological polar surface area (TPSA) is 114 Å². The first-order chi connectivity index (χ1) is 21.4. The normalized spacial score (nSPS) is 38.9. The van der Waals surface area contributed by atoms with Gasteiger partial charge in [-0.2, -0.15) is 5.26 Å². The summed E-state index contributed by atoms with van der Waals surface area (Å²) >= 11 is 6.92. The molecule has 2 aliphatic carbocycles. The molecule has 5 aliphatic rings. The second-order valence-corrected chi connectivity index (χ2v) is 14.6. The molecule has 4 N–H and O–H groups in total. The number of amides is 1. The zero-order valence-electron chi connectivity index (χ0n) is 27.2. The van der Waals surface area contributed by atoms with Crippen molar-refractivity contribution in [2.24, 2.45) is 11.8 Å². The highest BCUT2D eigenvalue weighted by Crippen LogP contribution is 2.36. The number of piperidine rings is 2. The van der Waals surface area contributed by atoms with Gasteiger partial charge in [-0.1, -0.05) is 6.42 Å². The number of hydrogen-bond acceptors (Lipinski definition) is 9. The van der Waals surface area contributed by atoms with Crippen molar-refractivity contribution >= 4 is 17.5 Å². The summed E-state index contributed by atoms with van der Waals surface area (Å²) in [6.07, 6.45) is 9.62. The molecule has 3 saturated heterocycles. The van der Waals surface area contributed by atoms with Gasteiger partial charge < -0.3 is 40.5 Å². The van der Waals surface area contributed by atoms with Gasteiger partial charge in [-0.25, -0.2) is 0 Å². The third-order valence-corrected chi connectivity index (χ3v) is 11.4. The van der Waals surface area contributed by atoms with Gasteiger partial charge in [-0.15, -0.1) is 11.6 Å². The second-order valence-electron chi connectivity index (χ2n) is 14.0. The minimum atomic E-state index is -0.125. The molecule has 44 heavy (non-hydrogen) atoms. The Morgan fingerprint density at radius 2 is 1.89 bits per heavy atom. The number of piperazine rings is 1.